The molecule has 1 heterocycles. The quantitative estimate of drug-likeness (QED) is 0.363. The van der Waals surface area contributed by atoms with Gasteiger partial charge in [0.1, 0.15) is 0 Å². The third kappa shape index (κ3) is 1.21. The summed E-state index contributed by atoms with van der Waals surface area (Å²) < 4.78 is 2.46. The molecule has 1 aromatic rings. The molecule has 0 unspecified atom stereocenters. The molecule has 0 saturated carbocycles. The highest BCUT2D eigenvalue weighted by molar-refractivity contribution is 9.10. The topological polar surface area (TPSA) is 29.9 Å². The monoisotopic (exact) mass is 187 g/mol. The van der Waals surface area contributed by atoms with Crippen LogP contribution in [0.4, 0.5) is 0 Å². The Balaban J connectivity index is 3.25. The maximum absolute atomic E-state index is 5.49. The predicted molar refractivity (Wildman–Crippen MR) is 39.2 cm³/mol. The Kier molecular flexibility index (Phi) is 1.71. The Morgan fingerprint density at radius 3 is 2.78 bits per heavy atom. The van der Waals surface area contributed by atoms with Gasteiger partial charge in [-0.15, -0.1) is 0 Å². The summed E-state index contributed by atoms with van der Waals surface area (Å²) in [6.45, 7) is 1.99. The summed E-state index contributed by atoms with van der Waals surface area (Å²) >= 11 is 3.32. The van der Waals surface area contributed by atoms with Crippen molar-refractivity contribution >= 4 is 15.9 Å². The number of hydrogen-bond donors (Lipinski definition) is 1. The lowest BCUT2D eigenvalue weighted by Crippen LogP contribution is -2.45. The normalized spacial score (nSPS) is 9.56. The summed E-state index contributed by atoms with van der Waals surface area (Å²) in [7, 11) is 0. The molecule has 48 valence electrons. The maximum atomic E-state index is 5.49. The van der Waals surface area contributed by atoms with Gasteiger partial charge in [-0.25, -0.2) is 5.84 Å². The van der Waals surface area contributed by atoms with Crippen molar-refractivity contribution in [2.75, 3.05) is 5.84 Å². The summed E-state index contributed by atoms with van der Waals surface area (Å²) in [5, 5.41) is 0. The molecular formula is C6H8BrN2+. The molecule has 1 aromatic heterocycles. The molecule has 0 amide bonds. The molecule has 0 aliphatic heterocycles. The molecule has 0 bridgehead atoms. The highest BCUT2D eigenvalue weighted by Gasteiger charge is 2.03. The van der Waals surface area contributed by atoms with E-state index in [2.05, 4.69) is 15.9 Å². The molecule has 3 heteroatoms. The van der Waals surface area contributed by atoms with Gasteiger partial charge in [0.2, 0.25) is 0 Å². The van der Waals surface area contributed by atoms with Gasteiger partial charge in [0, 0.05) is 27.6 Å². The fraction of sp³-hybridized carbons (Fsp3) is 0.167. The highest BCUT2D eigenvalue weighted by Crippen LogP contribution is 2.06. The second kappa shape index (κ2) is 2.35. The molecule has 0 aliphatic carbocycles. The van der Waals surface area contributed by atoms with E-state index < -0.39 is 0 Å². The van der Waals surface area contributed by atoms with Crippen LogP contribution >= 0.6 is 15.9 Å². The van der Waals surface area contributed by atoms with Crippen molar-refractivity contribution in [3.8, 4) is 0 Å². The zero-order valence-electron chi connectivity index (χ0n) is 5.13. The predicted octanol–water partition coefficient (Wildman–Crippen LogP) is 0.759. The third-order valence-corrected chi connectivity index (χ3v) is 2.18. The van der Waals surface area contributed by atoms with E-state index in [0.717, 1.165) is 10.2 Å². The Bertz CT molecular complexity index is 202. The lowest BCUT2D eigenvalue weighted by molar-refractivity contribution is -0.650. The first-order valence-electron chi connectivity index (χ1n) is 2.63. The number of rotatable bonds is 0. The van der Waals surface area contributed by atoms with Crippen LogP contribution in [0.25, 0.3) is 0 Å². The standard InChI is InChI=1S/C6H8BrN2/c1-5-3-2-4-9(8)6(5)7/h2-4H,8H2,1H3/q+1. The number of nitrogen functional groups attached to an aromatic ring is 1. The minimum Gasteiger partial charge on any atom is -0.204 e. The van der Waals surface area contributed by atoms with Crippen molar-refractivity contribution in [1.29, 1.82) is 0 Å². The Morgan fingerprint density at radius 1 is 1.67 bits per heavy atom. The van der Waals surface area contributed by atoms with E-state index in [1.807, 2.05) is 19.1 Å². The Morgan fingerprint density at radius 2 is 2.33 bits per heavy atom. The number of aromatic nitrogens is 1. The Labute approximate surface area is 62.4 Å². The molecule has 2 N–H and O–H groups in total. The van der Waals surface area contributed by atoms with Crippen LogP contribution in [-0.2, 0) is 0 Å². The number of hydrogen-bond acceptors (Lipinski definition) is 1. The maximum Gasteiger partial charge on any atom is 0.279 e. The van der Waals surface area contributed by atoms with Crippen LogP contribution in [0, 0.1) is 6.92 Å². The fourth-order valence-corrected chi connectivity index (χ4v) is 0.868. The van der Waals surface area contributed by atoms with Gasteiger partial charge in [-0.05, 0) is 13.0 Å². The minimum atomic E-state index is 0.921. The summed E-state index contributed by atoms with van der Waals surface area (Å²) in [4.78, 5) is 0. The molecule has 0 saturated heterocycles. The number of halogens is 1. The van der Waals surface area contributed by atoms with Crippen molar-refractivity contribution in [2.24, 2.45) is 0 Å². The molecular weight excluding hydrogens is 180 g/mol. The Hall–Kier alpha value is -0.570. The first-order chi connectivity index (χ1) is 4.22. The van der Waals surface area contributed by atoms with Gasteiger partial charge >= 0.3 is 0 Å². The van der Waals surface area contributed by atoms with Crippen molar-refractivity contribution in [2.45, 2.75) is 6.92 Å². The molecule has 0 fully saturated rings. The zero-order chi connectivity index (χ0) is 6.85. The number of nitrogens with zero attached hydrogens (tertiary/aromatic N) is 1. The smallest absolute Gasteiger partial charge is 0.204 e. The highest BCUT2D eigenvalue weighted by atomic mass is 79.9. The van der Waals surface area contributed by atoms with Gasteiger partial charge in [0.15, 0.2) is 6.20 Å². The van der Waals surface area contributed by atoms with Crippen LogP contribution in [0.15, 0.2) is 22.9 Å². The number of nitrogens with two attached hydrogens (primary N) is 1. The van der Waals surface area contributed by atoms with E-state index in [1.54, 1.807) is 6.20 Å². The van der Waals surface area contributed by atoms with Crippen LogP contribution in [0.2, 0.25) is 0 Å². The van der Waals surface area contributed by atoms with E-state index in [1.165, 1.54) is 4.68 Å². The van der Waals surface area contributed by atoms with Gasteiger partial charge in [-0.1, -0.05) is 4.68 Å². The second-order valence-electron chi connectivity index (χ2n) is 1.89. The van der Waals surface area contributed by atoms with E-state index in [4.69, 9.17) is 5.84 Å². The summed E-state index contributed by atoms with van der Waals surface area (Å²) in [5.74, 6) is 5.49. The summed E-state index contributed by atoms with van der Waals surface area (Å²) in [5.41, 5.74) is 1.14. The zero-order valence-corrected chi connectivity index (χ0v) is 6.72. The first kappa shape index (κ1) is 6.55. The second-order valence-corrected chi connectivity index (χ2v) is 2.64. The van der Waals surface area contributed by atoms with Crippen molar-refractivity contribution in [1.82, 2.24) is 0 Å². The van der Waals surface area contributed by atoms with Gasteiger partial charge in [0.25, 0.3) is 4.60 Å². The first-order valence-corrected chi connectivity index (χ1v) is 3.43. The van der Waals surface area contributed by atoms with Crippen LogP contribution in [-0.4, -0.2) is 0 Å². The van der Waals surface area contributed by atoms with Gasteiger partial charge in [-0.2, -0.15) is 0 Å². The van der Waals surface area contributed by atoms with Crippen LogP contribution in [0.5, 0.6) is 0 Å². The summed E-state index contributed by atoms with van der Waals surface area (Å²) in [6.07, 6.45) is 1.79. The third-order valence-electron chi connectivity index (χ3n) is 1.14. The number of aryl methyl sites for hydroxylation is 1. The van der Waals surface area contributed by atoms with Crippen LogP contribution < -0.4 is 10.5 Å². The minimum absolute atomic E-state index is 0.921. The molecule has 2 nitrogen and oxygen atoms in total. The van der Waals surface area contributed by atoms with Crippen LogP contribution in [0.3, 0.4) is 0 Å². The van der Waals surface area contributed by atoms with E-state index in [0.29, 0.717) is 0 Å². The summed E-state index contributed by atoms with van der Waals surface area (Å²) in [6, 6.07) is 3.90. The fourth-order valence-electron chi connectivity index (χ4n) is 0.618. The van der Waals surface area contributed by atoms with Gasteiger partial charge < -0.3 is 0 Å². The van der Waals surface area contributed by atoms with Crippen molar-refractivity contribution in [3.63, 3.8) is 0 Å². The van der Waals surface area contributed by atoms with Crippen LogP contribution in [0.1, 0.15) is 5.56 Å². The largest absolute Gasteiger partial charge is 0.279 e. The van der Waals surface area contributed by atoms with Crippen molar-refractivity contribution in [3.05, 3.63) is 28.5 Å². The van der Waals surface area contributed by atoms with E-state index >= 15 is 0 Å². The SMILES string of the molecule is Cc1ccc[n+](N)c1Br. The molecule has 0 radical (unpaired) electrons. The molecule has 0 spiro atoms. The van der Waals surface area contributed by atoms with E-state index in [9.17, 15) is 0 Å². The van der Waals surface area contributed by atoms with Gasteiger partial charge in [0.05, 0.1) is 0 Å². The van der Waals surface area contributed by atoms with Crippen molar-refractivity contribution < 1.29 is 4.68 Å². The van der Waals surface area contributed by atoms with Gasteiger partial charge in [-0.3, -0.25) is 0 Å². The average Bonchev–Trinajstić information content (AvgIpc) is 1.83. The molecule has 9 heavy (non-hydrogen) atoms. The van der Waals surface area contributed by atoms with E-state index in [-0.39, 0.29) is 0 Å². The lowest BCUT2D eigenvalue weighted by Gasteiger charge is -1.91. The molecule has 0 aliphatic rings. The average molecular weight is 188 g/mol. The lowest BCUT2D eigenvalue weighted by atomic mass is 10.3. The molecule has 0 atom stereocenters. The molecule has 0 aromatic carbocycles. The molecule has 1 rings (SSSR count). The number of pyridine rings is 1.